The predicted molar refractivity (Wildman–Crippen MR) is 197 cm³/mol. The molecular weight excluding hydrogens is 592 g/mol. The molecule has 0 spiro atoms. The number of hydrogen-bond donors (Lipinski definition) is 2. The summed E-state index contributed by atoms with van der Waals surface area (Å²) in [6.07, 6.45) is 1.55. The Hall–Kier alpha value is -6.00. The Morgan fingerprint density at radius 2 is 0.646 bits per heavy atom. The molecule has 0 radical (unpaired) electrons. The molecule has 8 rings (SSSR count). The van der Waals surface area contributed by atoms with E-state index in [0.717, 1.165) is 89.7 Å². The lowest BCUT2D eigenvalue weighted by atomic mass is 9.92. The molecule has 4 nitrogen and oxygen atoms in total. The highest BCUT2D eigenvalue weighted by Gasteiger charge is 2.19. The second-order valence-electron chi connectivity index (χ2n) is 12.1. The zero-order valence-corrected chi connectivity index (χ0v) is 26.4. The number of hydrogen-bond acceptors (Lipinski definition) is 4. The first-order valence-corrected chi connectivity index (χ1v) is 16.4. The van der Waals surface area contributed by atoms with Crippen LogP contribution in [0, 0.1) is 0 Å². The maximum absolute atomic E-state index is 11.2. The molecule has 234 valence electrons. The van der Waals surface area contributed by atoms with E-state index < -0.39 is 0 Å². The van der Waals surface area contributed by atoms with E-state index in [4.69, 9.17) is 9.47 Å². The van der Waals surface area contributed by atoms with Gasteiger partial charge in [0.25, 0.3) is 0 Å². The van der Waals surface area contributed by atoms with Crippen molar-refractivity contribution in [2.75, 3.05) is 13.2 Å². The second kappa shape index (κ2) is 12.7. The molecule has 0 atom stereocenters. The van der Waals surface area contributed by atoms with Crippen LogP contribution in [0.5, 0.6) is 23.0 Å². The Morgan fingerprint density at radius 1 is 0.333 bits per heavy atom. The average molecular weight is 627 g/mol. The van der Waals surface area contributed by atoms with E-state index >= 15 is 0 Å². The van der Waals surface area contributed by atoms with Crippen LogP contribution in [0.4, 0.5) is 0 Å². The van der Waals surface area contributed by atoms with Crippen molar-refractivity contribution in [1.82, 2.24) is 0 Å². The highest BCUT2D eigenvalue weighted by atomic mass is 16.5. The highest BCUT2D eigenvalue weighted by Crippen LogP contribution is 2.46. The van der Waals surface area contributed by atoms with Gasteiger partial charge in [-0.25, -0.2) is 0 Å². The number of phenolic OH excluding ortho intramolecular Hbond substituents is 2. The molecule has 0 heterocycles. The van der Waals surface area contributed by atoms with Gasteiger partial charge in [0, 0.05) is 22.3 Å². The first kappa shape index (κ1) is 29.4. The van der Waals surface area contributed by atoms with Crippen molar-refractivity contribution in [3.63, 3.8) is 0 Å². The fourth-order valence-electron chi connectivity index (χ4n) is 6.87. The lowest BCUT2D eigenvalue weighted by molar-refractivity contribution is 0.268. The fourth-order valence-corrected chi connectivity index (χ4v) is 6.87. The fraction of sp³-hybridized carbons (Fsp3) is 0.0909. The van der Waals surface area contributed by atoms with Crippen LogP contribution in [-0.2, 0) is 0 Å². The van der Waals surface area contributed by atoms with Crippen LogP contribution in [-0.4, -0.2) is 23.4 Å². The van der Waals surface area contributed by atoms with Crippen molar-refractivity contribution < 1.29 is 19.7 Å². The SMILES string of the molecule is Oc1ccc2ccccc2c1-c1c(OCCCCOc2ccc3ccccc3c2-c2c(O)ccc3ccccc23)ccc2ccccc12. The number of unbranched alkanes of at least 4 members (excludes halogenated alkanes) is 1. The summed E-state index contributed by atoms with van der Waals surface area (Å²) in [6, 6.07) is 48.3. The Morgan fingerprint density at radius 3 is 1.02 bits per heavy atom. The second-order valence-corrected chi connectivity index (χ2v) is 12.1. The summed E-state index contributed by atoms with van der Waals surface area (Å²) in [5.74, 6) is 1.94. The molecule has 0 bridgehead atoms. The molecule has 0 aliphatic rings. The van der Waals surface area contributed by atoms with Gasteiger partial charge in [0.15, 0.2) is 0 Å². The standard InChI is InChI=1S/C44H34O4/c45-37-23-19-29-11-1-5-15-33(29)41(37)43-35-17-7-3-13-31(35)21-25-39(43)47-27-9-10-28-48-40-26-22-32-14-4-8-18-36(32)44(40)42-34-16-6-2-12-30(34)20-24-38(42)46/h1-8,11-26,45-46H,9-10,27-28H2. The van der Waals surface area contributed by atoms with Crippen LogP contribution < -0.4 is 9.47 Å². The Labute approximate surface area is 279 Å². The first-order chi connectivity index (χ1) is 23.7. The smallest absolute Gasteiger partial charge is 0.127 e. The minimum absolute atomic E-state index is 0.228. The molecular formula is C44H34O4. The molecule has 0 saturated heterocycles. The lowest BCUT2D eigenvalue weighted by Gasteiger charge is -2.18. The van der Waals surface area contributed by atoms with Gasteiger partial charge in [0.2, 0.25) is 0 Å². The number of ether oxygens (including phenoxy) is 2. The summed E-state index contributed by atoms with van der Waals surface area (Å²) in [5, 5.41) is 30.6. The summed E-state index contributed by atoms with van der Waals surface area (Å²) in [4.78, 5) is 0. The summed E-state index contributed by atoms with van der Waals surface area (Å²) in [7, 11) is 0. The van der Waals surface area contributed by atoms with Gasteiger partial charge in [-0.1, -0.05) is 121 Å². The van der Waals surface area contributed by atoms with Gasteiger partial charge in [-0.05, 0) is 80.2 Å². The van der Waals surface area contributed by atoms with Crippen molar-refractivity contribution in [2.24, 2.45) is 0 Å². The third kappa shape index (κ3) is 5.31. The molecule has 0 unspecified atom stereocenters. The molecule has 4 heteroatoms. The van der Waals surface area contributed by atoms with E-state index in [1.165, 1.54) is 0 Å². The zero-order valence-electron chi connectivity index (χ0n) is 26.4. The van der Waals surface area contributed by atoms with Crippen LogP contribution in [0.3, 0.4) is 0 Å². The minimum Gasteiger partial charge on any atom is -0.507 e. The molecule has 2 N–H and O–H groups in total. The van der Waals surface area contributed by atoms with E-state index in [1.807, 2.05) is 84.9 Å². The number of rotatable bonds is 9. The van der Waals surface area contributed by atoms with Crippen molar-refractivity contribution >= 4 is 43.1 Å². The van der Waals surface area contributed by atoms with Gasteiger partial charge in [0.1, 0.15) is 23.0 Å². The molecule has 8 aromatic carbocycles. The number of aromatic hydroxyl groups is 2. The van der Waals surface area contributed by atoms with Crippen molar-refractivity contribution in [1.29, 1.82) is 0 Å². The van der Waals surface area contributed by atoms with Gasteiger partial charge in [-0.3, -0.25) is 0 Å². The zero-order chi connectivity index (χ0) is 32.5. The number of fused-ring (bicyclic) bond motifs is 4. The predicted octanol–water partition coefficient (Wildman–Crippen LogP) is 11.3. The number of benzene rings is 8. The van der Waals surface area contributed by atoms with Crippen LogP contribution in [0.15, 0.2) is 146 Å². The van der Waals surface area contributed by atoms with E-state index in [1.54, 1.807) is 12.1 Å². The first-order valence-electron chi connectivity index (χ1n) is 16.4. The van der Waals surface area contributed by atoms with Gasteiger partial charge in [-0.2, -0.15) is 0 Å². The quantitative estimate of drug-likeness (QED) is 0.157. The van der Waals surface area contributed by atoms with E-state index in [0.29, 0.717) is 13.2 Å². The molecule has 0 fully saturated rings. The normalized spacial score (nSPS) is 11.4. The Bertz CT molecular complexity index is 2270. The summed E-state index contributed by atoms with van der Waals surface area (Å²) < 4.78 is 12.9. The van der Waals surface area contributed by atoms with Crippen molar-refractivity contribution in [3.05, 3.63) is 146 Å². The molecule has 0 amide bonds. The average Bonchev–Trinajstić information content (AvgIpc) is 3.13. The topological polar surface area (TPSA) is 58.9 Å². The Kier molecular flexibility index (Phi) is 7.75. The molecule has 0 aliphatic heterocycles. The highest BCUT2D eigenvalue weighted by molar-refractivity contribution is 6.11. The van der Waals surface area contributed by atoms with Gasteiger partial charge in [0.05, 0.1) is 13.2 Å². The van der Waals surface area contributed by atoms with E-state index in [9.17, 15) is 10.2 Å². The van der Waals surface area contributed by atoms with Gasteiger partial charge in [-0.15, -0.1) is 0 Å². The largest absolute Gasteiger partial charge is 0.507 e. The van der Waals surface area contributed by atoms with E-state index in [-0.39, 0.29) is 11.5 Å². The minimum atomic E-state index is 0.228. The van der Waals surface area contributed by atoms with Crippen LogP contribution in [0.2, 0.25) is 0 Å². The van der Waals surface area contributed by atoms with Crippen LogP contribution >= 0.6 is 0 Å². The van der Waals surface area contributed by atoms with Gasteiger partial charge < -0.3 is 19.7 Å². The summed E-state index contributed by atoms with van der Waals surface area (Å²) in [5.41, 5.74) is 3.36. The lowest BCUT2D eigenvalue weighted by Crippen LogP contribution is -2.04. The molecule has 0 aliphatic carbocycles. The van der Waals surface area contributed by atoms with Crippen LogP contribution in [0.1, 0.15) is 12.8 Å². The third-order valence-corrected chi connectivity index (χ3v) is 9.15. The maximum Gasteiger partial charge on any atom is 0.127 e. The molecule has 0 aromatic heterocycles. The number of phenols is 2. The Balaban J connectivity index is 1.05. The monoisotopic (exact) mass is 626 g/mol. The molecule has 8 aromatic rings. The van der Waals surface area contributed by atoms with Crippen molar-refractivity contribution in [2.45, 2.75) is 12.8 Å². The van der Waals surface area contributed by atoms with Crippen LogP contribution in [0.25, 0.3) is 65.3 Å². The van der Waals surface area contributed by atoms with Crippen molar-refractivity contribution in [3.8, 4) is 45.3 Å². The summed E-state index contributed by atoms with van der Waals surface area (Å²) >= 11 is 0. The molecule has 48 heavy (non-hydrogen) atoms. The third-order valence-electron chi connectivity index (χ3n) is 9.15. The maximum atomic E-state index is 11.2. The van der Waals surface area contributed by atoms with Gasteiger partial charge >= 0.3 is 0 Å². The molecule has 0 saturated carbocycles. The van der Waals surface area contributed by atoms with E-state index in [2.05, 4.69) is 48.5 Å². The summed E-state index contributed by atoms with van der Waals surface area (Å²) in [6.45, 7) is 0.990.